The zero-order chi connectivity index (χ0) is 12.7. The van der Waals surface area contributed by atoms with Crippen molar-refractivity contribution in [3.8, 4) is 0 Å². The number of methoxy groups -OCH3 is 1. The smallest absolute Gasteiger partial charge is 0.0701 e. The number of hydrogen-bond donors (Lipinski definition) is 2. The summed E-state index contributed by atoms with van der Waals surface area (Å²) in [5, 5.41) is 1.02. The number of rotatable bonds is 7. The minimum atomic E-state index is -0.123. The predicted octanol–water partition coefficient (Wildman–Crippen LogP) is 2.16. The van der Waals surface area contributed by atoms with Gasteiger partial charge < -0.3 is 9.47 Å². The summed E-state index contributed by atoms with van der Waals surface area (Å²) in [6, 6.07) is 5.24. The molecule has 0 fully saturated rings. The fourth-order valence-electron chi connectivity index (χ4n) is 1.31. The average molecular weight is 279 g/mol. The molecule has 1 atom stereocenters. The predicted molar refractivity (Wildman–Crippen MR) is 69.2 cm³/mol. The molecule has 4 nitrogen and oxygen atoms in total. The van der Waals surface area contributed by atoms with Gasteiger partial charge in [0.2, 0.25) is 0 Å². The molecule has 0 amide bonds. The van der Waals surface area contributed by atoms with Gasteiger partial charge in [-0.1, -0.05) is 29.3 Å². The van der Waals surface area contributed by atoms with Crippen molar-refractivity contribution in [3.63, 3.8) is 0 Å². The van der Waals surface area contributed by atoms with Crippen LogP contribution in [0.3, 0.4) is 0 Å². The molecule has 0 aromatic heterocycles. The molecule has 0 aliphatic carbocycles. The van der Waals surface area contributed by atoms with E-state index in [2.05, 4.69) is 5.43 Å². The Balaban J connectivity index is 2.56. The van der Waals surface area contributed by atoms with Crippen LogP contribution < -0.4 is 11.3 Å². The number of hydrogen-bond acceptors (Lipinski definition) is 4. The Morgan fingerprint density at radius 2 is 2.06 bits per heavy atom. The number of ether oxygens (including phenoxy) is 2. The lowest BCUT2D eigenvalue weighted by Crippen LogP contribution is -2.31. The van der Waals surface area contributed by atoms with E-state index in [9.17, 15) is 0 Å². The van der Waals surface area contributed by atoms with Crippen LogP contribution in [0.15, 0.2) is 18.2 Å². The van der Waals surface area contributed by atoms with Crippen molar-refractivity contribution in [1.82, 2.24) is 5.43 Å². The average Bonchev–Trinajstić information content (AvgIpc) is 2.33. The SMILES string of the molecule is COCCOCC(NN)c1ccc(Cl)c(Cl)c1. The largest absolute Gasteiger partial charge is 0.382 e. The first-order valence-corrected chi connectivity index (χ1v) is 5.92. The van der Waals surface area contributed by atoms with Gasteiger partial charge in [-0.25, -0.2) is 0 Å². The van der Waals surface area contributed by atoms with Crippen LogP contribution in [0.5, 0.6) is 0 Å². The van der Waals surface area contributed by atoms with Gasteiger partial charge in [0.25, 0.3) is 0 Å². The lowest BCUT2D eigenvalue weighted by atomic mass is 10.1. The molecule has 17 heavy (non-hydrogen) atoms. The highest BCUT2D eigenvalue weighted by Crippen LogP contribution is 2.25. The first-order chi connectivity index (χ1) is 8.19. The molecule has 0 saturated heterocycles. The molecule has 0 bridgehead atoms. The van der Waals surface area contributed by atoms with Crippen molar-refractivity contribution in [3.05, 3.63) is 33.8 Å². The fourth-order valence-corrected chi connectivity index (χ4v) is 1.62. The van der Waals surface area contributed by atoms with Gasteiger partial charge in [0.15, 0.2) is 0 Å². The molecule has 0 aliphatic heterocycles. The van der Waals surface area contributed by atoms with E-state index >= 15 is 0 Å². The van der Waals surface area contributed by atoms with Crippen LogP contribution >= 0.6 is 23.2 Å². The number of nitrogens with one attached hydrogen (secondary N) is 1. The van der Waals surface area contributed by atoms with Gasteiger partial charge in [-0.15, -0.1) is 0 Å². The van der Waals surface area contributed by atoms with Gasteiger partial charge in [-0.2, -0.15) is 0 Å². The lowest BCUT2D eigenvalue weighted by Gasteiger charge is -2.17. The minimum absolute atomic E-state index is 0.123. The number of hydrazine groups is 1. The van der Waals surface area contributed by atoms with E-state index < -0.39 is 0 Å². The van der Waals surface area contributed by atoms with Crippen molar-refractivity contribution in [1.29, 1.82) is 0 Å². The van der Waals surface area contributed by atoms with Crippen molar-refractivity contribution in [2.24, 2.45) is 5.84 Å². The molecule has 0 spiro atoms. The second-order valence-electron chi connectivity index (χ2n) is 3.46. The topological polar surface area (TPSA) is 56.5 Å². The van der Waals surface area contributed by atoms with E-state index in [4.69, 9.17) is 38.5 Å². The van der Waals surface area contributed by atoms with E-state index in [0.717, 1.165) is 5.56 Å². The summed E-state index contributed by atoms with van der Waals surface area (Å²) in [5.74, 6) is 5.47. The monoisotopic (exact) mass is 278 g/mol. The van der Waals surface area contributed by atoms with E-state index in [1.807, 2.05) is 6.07 Å². The molecule has 0 aliphatic rings. The number of nitrogens with two attached hydrogens (primary N) is 1. The van der Waals surface area contributed by atoms with Crippen LogP contribution in [0.4, 0.5) is 0 Å². The molecule has 1 unspecified atom stereocenters. The normalized spacial score (nSPS) is 12.7. The van der Waals surface area contributed by atoms with Gasteiger partial charge in [0.1, 0.15) is 0 Å². The Bertz CT molecular complexity index is 350. The zero-order valence-corrected chi connectivity index (χ0v) is 11.1. The molecule has 0 radical (unpaired) electrons. The summed E-state index contributed by atoms with van der Waals surface area (Å²) in [6.07, 6.45) is 0. The summed E-state index contributed by atoms with van der Waals surface area (Å²) in [5.41, 5.74) is 3.60. The van der Waals surface area contributed by atoms with Crippen LogP contribution in [0.25, 0.3) is 0 Å². The summed E-state index contributed by atoms with van der Waals surface area (Å²) >= 11 is 11.8. The molecular weight excluding hydrogens is 263 g/mol. The second-order valence-corrected chi connectivity index (χ2v) is 4.27. The number of halogens is 2. The highest BCUT2D eigenvalue weighted by atomic mass is 35.5. The van der Waals surface area contributed by atoms with Crippen LogP contribution in [-0.4, -0.2) is 26.9 Å². The summed E-state index contributed by atoms with van der Waals surface area (Å²) in [4.78, 5) is 0. The third-order valence-corrected chi connectivity index (χ3v) is 3.00. The minimum Gasteiger partial charge on any atom is -0.382 e. The fraction of sp³-hybridized carbons (Fsp3) is 0.455. The van der Waals surface area contributed by atoms with Crippen LogP contribution in [0, 0.1) is 0 Å². The first-order valence-electron chi connectivity index (χ1n) is 5.16. The second kappa shape index (κ2) is 7.87. The van der Waals surface area contributed by atoms with Crippen molar-refractivity contribution in [2.45, 2.75) is 6.04 Å². The number of benzene rings is 1. The van der Waals surface area contributed by atoms with Gasteiger partial charge in [-0.05, 0) is 17.7 Å². The van der Waals surface area contributed by atoms with Gasteiger partial charge in [-0.3, -0.25) is 11.3 Å². The van der Waals surface area contributed by atoms with Gasteiger partial charge >= 0.3 is 0 Å². The van der Waals surface area contributed by atoms with E-state index in [0.29, 0.717) is 29.9 Å². The Morgan fingerprint density at radius 3 is 2.65 bits per heavy atom. The zero-order valence-electron chi connectivity index (χ0n) is 9.58. The van der Waals surface area contributed by atoms with Crippen molar-refractivity contribution < 1.29 is 9.47 Å². The van der Waals surface area contributed by atoms with E-state index in [-0.39, 0.29) is 6.04 Å². The Labute approximate surface area is 111 Å². The summed E-state index contributed by atoms with van der Waals surface area (Å²) in [7, 11) is 1.63. The van der Waals surface area contributed by atoms with E-state index in [1.165, 1.54) is 0 Å². The molecule has 1 aromatic rings. The van der Waals surface area contributed by atoms with Crippen molar-refractivity contribution >= 4 is 23.2 Å². The quantitative estimate of drug-likeness (QED) is 0.456. The maximum Gasteiger partial charge on any atom is 0.0701 e. The van der Waals surface area contributed by atoms with Crippen LogP contribution in [-0.2, 0) is 9.47 Å². The summed E-state index contributed by atoms with van der Waals surface area (Å²) < 4.78 is 10.3. The summed E-state index contributed by atoms with van der Waals surface area (Å²) in [6.45, 7) is 1.52. The maximum absolute atomic E-state index is 5.94. The highest BCUT2D eigenvalue weighted by Gasteiger charge is 2.11. The lowest BCUT2D eigenvalue weighted by molar-refractivity contribution is 0.0586. The third-order valence-electron chi connectivity index (χ3n) is 2.26. The molecule has 1 aromatic carbocycles. The molecular formula is C11H16Cl2N2O2. The highest BCUT2D eigenvalue weighted by molar-refractivity contribution is 6.42. The van der Waals surface area contributed by atoms with E-state index in [1.54, 1.807) is 19.2 Å². The molecule has 6 heteroatoms. The third kappa shape index (κ3) is 4.79. The molecule has 96 valence electrons. The Morgan fingerprint density at radius 1 is 1.29 bits per heavy atom. The Kier molecular flexibility index (Phi) is 6.80. The molecule has 0 heterocycles. The Hall–Kier alpha value is -0.360. The molecule has 3 N–H and O–H groups in total. The standard InChI is InChI=1S/C11H16Cl2N2O2/c1-16-4-5-17-7-11(15-14)8-2-3-9(12)10(13)6-8/h2-3,6,11,15H,4-5,7,14H2,1H3. The van der Waals surface area contributed by atoms with Crippen molar-refractivity contribution in [2.75, 3.05) is 26.9 Å². The first kappa shape index (κ1) is 14.7. The molecule has 0 saturated carbocycles. The maximum atomic E-state index is 5.94. The van der Waals surface area contributed by atoms with Gasteiger partial charge in [0.05, 0.1) is 35.9 Å². The van der Waals surface area contributed by atoms with Gasteiger partial charge in [0, 0.05) is 7.11 Å². The van der Waals surface area contributed by atoms with Crippen LogP contribution in [0.1, 0.15) is 11.6 Å². The van der Waals surface area contributed by atoms with Crippen LogP contribution in [0.2, 0.25) is 10.0 Å². The molecule has 1 rings (SSSR count).